The summed E-state index contributed by atoms with van der Waals surface area (Å²) in [5, 5.41) is 2.71. The Morgan fingerprint density at radius 2 is 1.56 bits per heavy atom. The molecule has 0 spiro atoms. The second-order valence-electron chi connectivity index (χ2n) is 7.19. The van der Waals surface area contributed by atoms with Crippen molar-refractivity contribution < 1.29 is 19.2 Å². The largest absolute Gasteiger partial charge is 0.334 e. The molecule has 4 fully saturated rings. The van der Waals surface area contributed by atoms with E-state index in [1.807, 2.05) is 35.2 Å². The van der Waals surface area contributed by atoms with Gasteiger partial charge in [-0.2, -0.15) is 0 Å². The summed E-state index contributed by atoms with van der Waals surface area (Å²) in [6, 6.07) is 9.90. The molecule has 4 aliphatic heterocycles. The van der Waals surface area contributed by atoms with Gasteiger partial charge >= 0.3 is 0 Å². The van der Waals surface area contributed by atoms with Crippen molar-refractivity contribution in [2.75, 3.05) is 13.1 Å². The number of carbonyl (C=O) groups is 4. The summed E-state index contributed by atoms with van der Waals surface area (Å²) in [5.74, 6) is 0.243. The van der Waals surface area contributed by atoms with E-state index in [9.17, 15) is 19.2 Å². The molecule has 1 N–H and O–H groups in total. The fraction of sp³-hybridized carbons (Fsp3) is 0.474. The van der Waals surface area contributed by atoms with Crippen LogP contribution in [-0.4, -0.2) is 63.7 Å². The average Bonchev–Trinajstić information content (AvgIpc) is 3.37. The van der Waals surface area contributed by atoms with Crippen molar-refractivity contribution in [3.8, 4) is 0 Å². The summed E-state index contributed by atoms with van der Waals surface area (Å²) in [6.45, 7) is 1.13. The van der Waals surface area contributed by atoms with Gasteiger partial charge in [-0.3, -0.25) is 19.2 Å². The molecule has 4 saturated heterocycles. The Labute approximate surface area is 157 Å². The predicted octanol–water partition coefficient (Wildman–Crippen LogP) is 0.0420. The van der Waals surface area contributed by atoms with Crippen LogP contribution in [0.25, 0.3) is 0 Å². The molecule has 0 saturated carbocycles. The van der Waals surface area contributed by atoms with E-state index >= 15 is 0 Å². The van der Waals surface area contributed by atoms with Crippen LogP contribution in [-0.2, 0) is 25.7 Å². The van der Waals surface area contributed by atoms with E-state index in [4.69, 9.17) is 0 Å². The Balaban J connectivity index is 0.000000153. The highest BCUT2D eigenvalue weighted by molar-refractivity contribution is 5.90. The van der Waals surface area contributed by atoms with Crippen molar-refractivity contribution in [1.29, 1.82) is 0 Å². The lowest BCUT2D eigenvalue weighted by atomic mass is 10.2. The van der Waals surface area contributed by atoms with Gasteiger partial charge in [-0.1, -0.05) is 30.3 Å². The van der Waals surface area contributed by atoms with Crippen molar-refractivity contribution >= 4 is 23.6 Å². The lowest BCUT2D eigenvalue weighted by Gasteiger charge is -2.24. The number of amides is 4. The SMILES string of the molecule is O=C1CCC2N1CC(=O)N2Cc1ccccc1.O=C1CN2C(=O)CCC2N1. The van der Waals surface area contributed by atoms with Gasteiger partial charge in [-0.25, -0.2) is 0 Å². The summed E-state index contributed by atoms with van der Waals surface area (Å²) in [7, 11) is 0. The maximum absolute atomic E-state index is 11.9. The lowest BCUT2D eigenvalue weighted by Crippen LogP contribution is -2.36. The maximum atomic E-state index is 11.9. The summed E-state index contributed by atoms with van der Waals surface area (Å²) >= 11 is 0. The number of fused-ring (bicyclic) bond motifs is 2. The molecule has 5 rings (SSSR count). The van der Waals surface area contributed by atoms with Gasteiger partial charge in [-0.15, -0.1) is 0 Å². The minimum Gasteiger partial charge on any atom is -0.334 e. The Hall–Kier alpha value is -2.90. The third kappa shape index (κ3) is 3.39. The van der Waals surface area contributed by atoms with Crippen LogP contribution in [0.15, 0.2) is 30.3 Å². The predicted molar refractivity (Wildman–Crippen MR) is 94.6 cm³/mol. The molecule has 4 heterocycles. The minimum atomic E-state index is -0.0296. The molecule has 0 aliphatic carbocycles. The Morgan fingerprint density at radius 1 is 0.852 bits per heavy atom. The molecule has 0 radical (unpaired) electrons. The van der Waals surface area contributed by atoms with Gasteiger partial charge in [0.15, 0.2) is 0 Å². The highest BCUT2D eigenvalue weighted by Crippen LogP contribution is 2.28. The normalized spacial score (nSPS) is 26.1. The summed E-state index contributed by atoms with van der Waals surface area (Å²) in [6.07, 6.45) is 2.73. The summed E-state index contributed by atoms with van der Waals surface area (Å²) < 4.78 is 0. The monoisotopic (exact) mass is 370 g/mol. The zero-order chi connectivity index (χ0) is 19.0. The van der Waals surface area contributed by atoms with Crippen LogP contribution >= 0.6 is 0 Å². The quantitative estimate of drug-likeness (QED) is 0.796. The number of benzene rings is 1. The minimum absolute atomic E-state index is 0.00444. The Bertz CT molecular complexity index is 781. The molecule has 8 heteroatoms. The van der Waals surface area contributed by atoms with Crippen LogP contribution < -0.4 is 5.32 Å². The number of nitrogens with one attached hydrogen (secondary N) is 1. The smallest absolute Gasteiger partial charge is 0.244 e. The van der Waals surface area contributed by atoms with E-state index in [2.05, 4.69) is 5.32 Å². The fourth-order valence-electron chi connectivity index (χ4n) is 4.08. The van der Waals surface area contributed by atoms with Gasteiger partial charge in [0.2, 0.25) is 23.6 Å². The molecule has 4 amide bonds. The lowest BCUT2D eigenvalue weighted by molar-refractivity contribution is -0.130. The zero-order valence-electron chi connectivity index (χ0n) is 15.0. The van der Waals surface area contributed by atoms with Crippen molar-refractivity contribution in [3.05, 3.63) is 35.9 Å². The Kier molecular flexibility index (Phi) is 4.55. The molecule has 8 nitrogen and oxygen atoms in total. The van der Waals surface area contributed by atoms with E-state index in [1.165, 1.54) is 0 Å². The van der Waals surface area contributed by atoms with Crippen molar-refractivity contribution in [3.63, 3.8) is 0 Å². The van der Waals surface area contributed by atoms with E-state index in [-0.39, 0.29) is 49.0 Å². The molecule has 1 aromatic rings. The van der Waals surface area contributed by atoms with Crippen molar-refractivity contribution in [1.82, 2.24) is 20.0 Å². The van der Waals surface area contributed by atoms with Crippen LogP contribution in [0.3, 0.4) is 0 Å². The van der Waals surface area contributed by atoms with Crippen LogP contribution in [0.2, 0.25) is 0 Å². The van der Waals surface area contributed by atoms with Gasteiger partial charge in [0.1, 0.15) is 25.4 Å². The van der Waals surface area contributed by atoms with Gasteiger partial charge in [0.05, 0.1) is 0 Å². The molecule has 1 aromatic carbocycles. The maximum Gasteiger partial charge on any atom is 0.244 e. The first-order valence-electron chi connectivity index (χ1n) is 9.24. The fourth-order valence-corrected chi connectivity index (χ4v) is 4.08. The zero-order valence-corrected chi connectivity index (χ0v) is 15.0. The second kappa shape index (κ2) is 7.02. The molecule has 0 aromatic heterocycles. The molecular weight excluding hydrogens is 348 g/mol. The van der Waals surface area contributed by atoms with Crippen LogP contribution in [0.1, 0.15) is 31.2 Å². The first-order chi connectivity index (χ1) is 13.0. The van der Waals surface area contributed by atoms with Crippen LogP contribution in [0.5, 0.6) is 0 Å². The number of rotatable bonds is 2. The van der Waals surface area contributed by atoms with E-state index < -0.39 is 0 Å². The summed E-state index contributed by atoms with van der Waals surface area (Å²) in [4.78, 5) is 50.2. The number of carbonyl (C=O) groups excluding carboxylic acids is 4. The number of hydrogen-bond donors (Lipinski definition) is 1. The van der Waals surface area contributed by atoms with Crippen molar-refractivity contribution in [2.24, 2.45) is 0 Å². The van der Waals surface area contributed by atoms with Gasteiger partial charge in [-0.05, 0) is 18.4 Å². The van der Waals surface area contributed by atoms with E-state index in [0.717, 1.165) is 18.4 Å². The molecule has 142 valence electrons. The molecule has 4 aliphatic rings. The third-order valence-corrected chi connectivity index (χ3v) is 5.45. The molecular formula is C19H22N4O4. The van der Waals surface area contributed by atoms with Crippen molar-refractivity contribution in [2.45, 2.75) is 44.6 Å². The molecule has 27 heavy (non-hydrogen) atoms. The van der Waals surface area contributed by atoms with Crippen LogP contribution in [0, 0.1) is 0 Å². The van der Waals surface area contributed by atoms with E-state index in [0.29, 0.717) is 19.4 Å². The second-order valence-corrected chi connectivity index (χ2v) is 7.19. The van der Waals surface area contributed by atoms with Gasteiger partial charge < -0.3 is 20.0 Å². The van der Waals surface area contributed by atoms with Crippen LogP contribution in [0.4, 0.5) is 0 Å². The third-order valence-electron chi connectivity index (χ3n) is 5.45. The van der Waals surface area contributed by atoms with E-state index in [1.54, 1.807) is 9.80 Å². The molecule has 2 atom stereocenters. The molecule has 2 unspecified atom stereocenters. The highest BCUT2D eigenvalue weighted by Gasteiger charge is 2.44. The molecule has 0 bridgehead atoms. The van der Waals surface area contributed by atoms with Gasteiger partial charge in [0.25, 0.3) is 0 Å². The summed E-state index contributed by atoms with van der Waals surface area (Å²) in [5.41, 5.74) is 1.11. The first kappa shape index (κ1) is 17.5. The highest BCUT2D eigenvalue weighted by atomic mass is 16.2. The Morgan fingerprint density at radius 3 is 2.30 bits per heavy atom. The number of nitrogens with zero attached hydrogens (tertiary/aromatic N) is 3. The number of hydrogen-bond acceptors (Lipinski definition) is 4. The topological polar surface area (TPSA) is 90.0 Å². The standard InChI is InChI=1S/C13H14N2O2.C6H8N2O2/c16-12-7-6-11-14(13(17)9-15(11)12)8-10-4-2-1-3-5-10;9-5-3-8-4(7-5)1-2-6(8)10/h1-5,11H,6-9H2;4H,1-3H2,(H,7,9). The average molecular weight is 370 g/mol. The first-order valence-corrected chi connectivity index (χ1v) is 9.24. The van der Waals surface area contributed by atoms with Gasteiger partial charge in [0, 0.05) is 19.4 Å².